The fourth-order valence-electron chi connectivity index (χ4n) is 2.36. The van der Waals surface area contributed by atoms with Crippen molar-refractivity contribution in [1.82, 2.24) is 4.57 Å². The SMILES string of the molecule is Cn1c(Cc2cccs2)c(C#N)c2ccccc21. The third kappa shape index (κ3) is 1.62. The minimum atomic E-state index is 0.807. The van der Waals surface area contributed by atoms with Crippen LogP contribution in [-0.2, 0) is 13.5 Å². The van der Waals surface area contributed by atoms with Crippen LogP contribution in [0.4, 0.5) is 0 Å². The van der Waals surface area contributed by atoms with Crippen molar-refractivity contribution < 1.29 is 0 Å². The van der Waals surface area contributed by atoms with Crippen molar-refractivity contribution in [2.75, 3.05) is 0 Å². The zero-order valence-corrected chi connectivity index (χ0v) is 10.9. The lowest BCUT2D eigenvalue weighted by Crippen LogP contribution is -1.98. The molecule has 3 aromatic rings. The molecule has 88 valence electrons. The van der Waals surface area contributed by atoms with Gasteiger partial charge in [0.15, 0.2) is 0 Å². The van der Waals surface area contributed by atoms with Crippen LogP contribution in [0.2, 0.25) is 0 Å². The van der Waals surface area contributed by atoms with Crippen molar-refractivity contribution in [3.63, 3.8) is 0 Å². The summed E-state index contributed by atoms with van der Waals surface area (Å²) in [7, 11) is 2.03. The van der Waals surface area contributed by atoms with Gasteiger partial charge in [-0.15, -0.1) is 11.3 Å². The van der Waals surface area contributed by atoms with Crippen LogP contribution >= 0.6 is 11.3 Å². The molecule has 0 atom stereocenters. The first-order chi connectivity index (χ1) is 8.81. The summed E-state index contributed by atoms with van der Waals surface area (Å²) in [5.74, 6) is 0. The second kappa shape index (κ2) is 4.32. The first-order valence-electron chi connectivity index (χ1n) is 5.80. The number of nitriles is 1. The van der Waals surface area contributed by atoms with E-state index in [9.17, 15) is 5.26 Å². The van der Waals surface area contributed by atoms with Crippen molar-refractivity contribution in [3.8, 4) is 6.07 Å². The Hall–Kier alpha value is -2.05. The molecular weight excluding hydrogens is 240 g/mol. The van der Waals surface area contributed by atoms with Crippen molar-refractivity contribution in [2.45, 2.75) is 6.42 Å². The van der Waals surface area contributed by atoms with E-state index in [4.69, 9.17) is 0 Å². The van der Waals surface area contributed by atoms with Gasteiger partial charge in [0.05, 0.1) is 5.56 Å². The Morgan fingerprint density at radius 1 is 1.22 bits per heavy atom. The molecule has 3 rings (SSSR count). The van der Waals surface area contributed by atoms with Gasteiger partial charge in [0, 0.05) is 34.9 Å². The molecular formula is C15H12N2S. The molecule has 0 fully saturated rings. The van der Waals surface area contributed by atoms with Gasteiger partial charge in [0.1, 0.15) is 6.07 Å². The lowest BCUT2D eigenvalue weighted by atomic mass is 10.1. The highest BCUT2D eigenvalue weighted by Gasteiger charge is 2.14. The number of hydrogen-bond donors (Lipinski definition) is 0. The van der Waals surface area contributed by atoms with Gasteiger partial charge in [-0.3, -0.25) is 0 Å². The Labute approximate surface area is 110 Å². The smallest absolute Gasteiger partial charge is 0.102 e. The van der Waals surface area contributed by atoms with Gasteiger partial charge in [0.2, 0.25) is 0 Å². The molecule has 0 saturated heterocycles. The number of thiophene rings is 1. The summed E-state index contributed by atoms with van der Waals surface area (Å²) in [6.45, 7) is 0. The molecule has 0 bridgehead atoms. The highest BCUT2D eigenvalue weighted by Crippen LogP contribution is 2.27. The highest BCUT2D eigenvalue weighted by molar-refractivity contribution is 7.09. The van der Waals surface area contributed by atoms with Gasteiger partial charge in [0.25, 0.3) is 0 Å². The number of aryl methyl sites for hydroxylation is 1. The third-order valence-electron chi connectivity index (χ3n) is 3.26. The Morgan fingerprint density at radius 2 is 2.06 bits per heavy atom. The van der Waals surface area contributed by atoms with E-state index in [0.717, 1.165) is 28.6 Å². The molecule has 2 heterocycles. The monoisotopic (exact) mass is 252 g/mol. The second-order valence-electron chi connectivity index (χ2n) is 4.27. The molecule has 3 heteroatoms. The summed E-state index contributed by atoms with van der Waals surface area (Å²) < 4.78 is 2.13. The predicted octanol–water partition coefficient (Wildman–Crippen LogP) is 3.70. The fraction of sp³-hybridized carbons (Fsp3) is 0.133. The van der Waals surface area contributed by atoms with E-state index in [1.165, 1.54) is 4.88 Å². The van der Waals surface area contributed by atoms with Crippen LogP contribution in [0.3, 0.4) is 0 Å². The maximum Gasteiger partial charge on any atom is 0.102 e. The second-order valence-corrected chi connectivity index (χ2v) is 5.30. The number of para-hydroxylation sites is 1. The minimum Gasteiger partial charge on any atom is -0.346 e. The number of rotatable bonds is 2. The maximum absolute atomic E-state index is 9.40. The average molecular weight is 252 g/mol. The van der Waals surface area contributed by atoms with E-state index >= 15 is 0 Å². The topological polar surface area (TPSA) is 28.7 Å². The molecule has 0 aliphatic carbocycles. The Balaban J connectivity index is 2.22. The fourth-order valence-corrected chi connectivity index (χ4v) is 3.07. The zero-order chi connectivity index (χ0) is 12.5. The van der Waals surface area contributed by atoms with Gasteiger partial charge in [-0.05, 0) is 17.5 Å². The molecule has 0 spiro atoms. The number of nitrogens with zero attached hydrogens (tertiary/aromatic N) is 2. The lowest BCUT2D eigenvalue weighted by molar-refractivity contribution is 0.882. The van der Waals surface area contributed by atoms with Crippen LogP contribution < -0.4 is 0 Å². The quantitative estimate of drug-likeness (QED) is 0.683. The zero-order valence-electron chi connectivity index (χ0n) is 10.1. The molecule has 0 N–H and O–H groups in total. The van der Waals surface area contributed by atoms with Gasteiger partial charge in [-0.1, -0.05) is 24.3 Å². The molecule has 0 unspecified atom stereocenters. The molecule has 2 aromatic heterocycles. The number of hydrogen-bond acceptors (Lipinski definition) is 2. The van der Waals surface area contributed by atoms with E-state index < -0.39 is 0 Å². The summed E-state index contributed by atoms with van der Waals surface area (Å²) in [4.78, 5) is 1.29. The minimum absolute atomic E-state index is 0.807. The molecule has 0 radical (unpaired) electrons. The van der Waals surface area contributed by atoms with E-state index in [-0.39, 0.29) is 0 Å². The standard InChI is InChI=1S/C15H12N2S/c1-17-14-7-3-2-6-12(14)13(10-16)15(17)9-11-5-4-8-18-11/h2-8H,9H2,1H3. The highest BCUT2D eigenvalue weighted by atomic mass is 32.1. The van der Waals surface area contributed by atoms with Crippen LogP contribution in [-0.4, -0.2) is 4.57 Å². The van der Waals surface area contributed by atoms with Crippen molar-refractivity contribution in [2.24, 2.45) is 7.05 Å². The summed E-state index contributed by atoms with van der Waals surface area (Å²) >= 11 is 1.73. The molecule has 0 saturated carbocycles. The first kappa shape index (κ1) is 11.1. The van der Waals surface area contributed by atoms with Gasteiger partial charge >= 0.3 is 0 Å². The molecule has 18 heavy (non-hydrogen) atoms. The van der Waals surface area contributed by atoms with Crippen molar-refractivity contribution >= 4 is 22.2 Å². The van der Waals surface area contributed by atoms with Crippen LogP contribution in [0.15, 0.2) is 41.8 Å². The Morgan fingerprint density at radius 3 is 2.78 bits per heavy atom. The van der Waals surface area contributed by atoms with Crippen LogP contribution in [0.5, 0.6) is 0 Å². The molecule has 2 nitrogen and oxygen atoms in total. The molecule has 0 amide bonds. The van der Waals surface area contributed by atoms with E-state index in [1.54, 1.807) is 11.3 Å². The molecule has 0 aliphatic rings. The van der Waals surface area contributed by atoms with Crippen LogP contribution in [0.1, 0.15) is 16.1 Å². The van der Waals surface area contributed by atoms with Crippen LogP contribution in [0, 0.1) is 11.3 Å². The largest absolute Gasteiger partial charge is 0.346 e. The Bertz CT molecular complexity index is 730. The summed E-state index contributed by atoms with van der Waals surface area (Å²) in [6, 6.07) is 14.6. The van der Waals surface area contributed by atoms with Crippen molar-refractivity contribution in [3.05, 3.63) is 57.9 Å². The van der Waals surface area contributed by atoms with Gasteiger partial charge < -0.3 is 4.57 Å². The van der Waals surface area contributed by atoms with E-state index in [2.05, 4.69) is 34.2 Å². The lowest BCUT2D eigenvalue weighted by Gasteiger charge is -2.03. The van der Waals surface area contributed by atoms with Crippen molar-refractivity contribution in [1.29, 1.82) is 5.26 Å². The number of aromatic nitrogens is 1. The van der Waals surface area contributed by atoms with E-state index in [0.29, 0.717) is 0 Å². The first-order valence-corrected chi connectivity index (χ1v) is 6.68. The maximum atomic E-state index is 9.40. The molecule has 1 aromatic carbocycles. The normalized spacial score (nSPS) is 10.7. The summed E-state index contributed by atoms with van der Waals surface area (Å²) in [5, 5.41) is 12.5. The van der Waals surface area contributed by atoms with Gasteiger partial charge in [-0.2, -0.15) is 5.26 Å². The summed E-state index contributed by atoms with van der Waals surface area (Å²) in [5.41, 5.74) is 3.03. The number of benzene rings is 1. The van der Waals surface area contributed by atoms with Crippen LogP contribution in [0.25, 0.3) is 10.9 Å². The van der Waals surface area contributed by atoms with Gasteiger partial charge in [-0.25, -0.2) is 0 Å². The Kier molecular flexibility index (Phi) is 2.66. The number of fused-ring (bicyclic) bond motifs is 1. The third-order valence-corrected chi connectivity index (χ3v) is 4.14. The molecule has 0 aliphatic heterocycles. The average Bonchev–Trinajstić information content (AvgIpc) is 2.99. The summed E-state index contributed by atoms with van der Waals surface area (Å²) in [6.07, 6.45) is 0.825. The predicted molar refractivity (Wildman–Crippen MR) is 74.8 cm³/mol. The van der Waals surface area contributed by atoms with E-state index in [1.807, 2.05) is 25.2 Å².